The number of fused-ring (bicyclic) bond motifs is 1. The molecule has 0 bridgehead atoms. The molecular formula is C22H20ClN5S. The minimum atomic E-state index is 0.803. The van der Waals surface area contributed by atoms with Crippen LogP contribution in [0.5, 0.6) is 0 Å². The average molecular weight is 422 g/mol. The van der Waals surface area contributed by atoms with Crippen molar-refractivity contribution < 1.29 is 0 Å². The van der Waals surface area contributed by atoms with Crippen molar-refractivity contribution in [3.63, 3.8) is 0 Å². The van der Waals surface area contributed by atoms with E-state index in [1.807, 2.05) is 34.8 Å². The molecule has 1 aliphatic heterocycles. The van der Waals surface area contributed by atoms with E-state index < -0.39 is 0 Å². The maximum atomic E-state index is 6.31. The number of aryl methyl sites for hydroxylation is 1. The number of hydrogen-bond acceptors (Lipinski definition) is 5. The Hall–Kier alpha value is -2.54. The molecule has 0 saturated carbocycles. The lowest BCUT2D eigenvalue weighted by atomic mass is 10.1. The van der Waals surface area contributed by atoms with Gasteiger partial charge < -0.3 is 0 Å². The topological polar surface area (TPSA) is 46.3 Å². The largest absolute Gasteiger partial charge is 0.295 e. The van der Waals surface area contributed by atoms with Crippen molar-refractivity contribution in [2.24, 2.45) is 0 Å². The standard InChI is InChI=1S/C22H20ClN5S/c1-15-6-2-4-8-18(15)20-24-25-22-28(20)26-21(29-22)16-10-12-27(13-11-16)14-17-7-3-5-9-19(17)23/h2-10H,11-14H2,1H3. The Morgan fingerprint density at radius 3 is 2.69 bits per heavy atom. The van der Waals surface area contributed by atoms with Crippen molar-refractivity contribution in [1.29, 1.82) is 0 Å². The molecule has 5 rings (SSSR count). The Labute approximate surface area is 178 Å². The fourth-order valence-electron chi connectivity index (χ4n) is 3.66. The van der Waals surface area contributed by atoms with Crippen molar-refractivity contribution in [1.82, 2.24) is 24.7 Å². The van der Waals surface area contributed by atoms with Crippen LogP contribution in [-0.2, 0) is 6.54 Å². The van der Waals surface area contributed by atoms with E-state index in [4.69, 9.17) is 16.7 Å². The van der Waals surface area contributed by atoms with Crippen LogP contribution in [0.1, 0.15) is 22.6 Å². The normalized spacial score (nSPS) is 15.0. The van der Waals surface area contributed by atoms with Crippen LogP contribution in [0.2, 0.25) is 5.02 Å². The Morgan fingerprint density at radius 2 is 1.90 bits per heavy atom. The lowest BCUT2D eigenvalue weighted by Crippen LogP contribution is -2.28. The second-order valence-electron chi connectivity index (χ2n) is 7.25. The second kappa shape index (κ2) is 7.71. The van der Waals surface area contributed by atoms with Gasteiger partial charge in [-0.1, -0.05) is 71.5 Å². The number of halogens is 1. The van der Waals surface area contributed by atoms with E-state index in [-0.39, 0.29) is 0 Å². The maximum Gasteiger partial charge on any atom is 0.235 e. The van der Waals surface area contributed by atoms with Crippen molar-refractivity contribution in [3.05, 3.63) is 75.8 Å². The Bertz CT molecular complexity index is 1210. The molecule has 3 heterocycles. The van der Waals surface area contributed by atoms with E-state index in [1.54, 1.807) is 11.3 Å². The second-order valence-corrected chi connectivity index (χ2v) is 8.61. The van der Waals surface area contributed by atoms with Crippen LogP contribution in [0.15, 0.2) is 54.6 Å². The summed E-state index contributed by atoms with van der Waals surface area (Å²) in [6.45, 7) is 4.83. The van der Waals surface area contributed by atoms with Gasteiger partial charge in [-0.25, -0.2) is 0 Å². The SMILES string of the molecule is Cc1ccccc1-c1nnc2sc(C3=CCN(Cc4ccccc4Cl)CC3)nn12. The van der Waals surface area contributed by atoms with Gasteiger partial charge in [-0.2, -0.15) is 9.61 Å². The Morgan fingerprint density at radius 1 is 1.07 bits per heavy atom. The summed E-state index contributed by atoms with van der Waals surface area (Å²) in [6.07, 6.45) is 3.24. The van der Waals surface area contributed by atoms with Crippen molar-refractivity contribution in [3.8, 4) is 11.4 Å². The van der Waals surface area contributed by atoms with Gasteiger partial charge in [0.25, 0.3) is 0 Å². The molecule has 0 N–H and O–H groups in total. The van der Waals surface area contributed by atoms with Gasteiger partial charge >= 0.3 is 0 Å². The molecule has 4 aromatic rings. The van der Waals surface area contributed by atoms with Crippen LogP contribution < -0.4 is 0 Å². The predicted octanol–water partition coefficient (Wildman–Crippen LogP) is 5.10. The smallest absolute Gasteiger partial charge is 0.235 e. The molecule has 1 aliphatic rings. The van der Waals surface area contributed by atoms with Crippen LogP contribution in [0.25, 0.3) is 21.9 Å². The van der Waals surface area contributed by atoms with Crippen LogP contribution in [0.3, 0.4) is 0 Å². The van der Waals surface area contributed by atoms with E-state index in [0.29, 0.717) is 0 Å². The zero-order valence-corrected chi connectivity index (χ0v) is 17.6. The minimum Gasteiger partial charge on any atom is -0.295 e. The monoisotopic (exact) mass is 421 g/mol. The average Bonchev–Trinajstić information content (AvgIpc) is 3.32. The van der Waals surface area contributed by atoms with E-state index in [0.717, 1.165) is 52.4 Å². The fraction of sp³-hybridized carbons (Fsp3) is 0.227. The van der Waals surface area contributed by atoms with E-state index in [9.17, 15) is 0 Å². The van der Waals surface area contributed by atoms with Crippen molar-refractivity contribution in [2.75, 3.05) is 13.1 Å². The number of nitrogens with zero attached hydrogens (tertiary/aromatic N) is 5. The number of hydrogen-bond donors (Lipinski definition) is 0. The summed E-state index contributed by atoms with van der Waals surface area (Å²) in [7, 11) is 0. The summed E-state index contributed by atoms with van der Waals surface area (Å²) >= 11 is 7.91. The van der Waals surface area contributed by atoms with Crippen molar-refractivity contribution in [2.45, 2.75) is 19.9 Å². The predicted molar refractivity (Wildman–Crippen MR) is 118 cm³/mol. The third-order valence-corrected chi connectivity index (χ3v) is 6.64. The van der Waals surface area contributed by atoms with Gasteiger partial charge in [0, 0.05) is 30.2 Å². The van der Waals surface area contributed by atoms with Gasteiger partial charge in [0.2, 0.25) is 4.96 Å². The number of aromatic nitrogens is 4. The van der Waals surface area contributed by atoms with E-state index in [1.165, 1.54) is 16.7 Å². The molecule has 0 radical (unpaired) electrons. The van der Waals surface area contributed by atoms with Crippen molar-refractivity contribution >= 4 is 33.5 Å². The zero-order chi connectivity index (χ0) is 19.8. The molecule has 0 spiro atoms. The highest BCUT2D eigenvalue weighted by Gasteiger charge is 2.20. The summed E-state index contributed by atoms with van der Waals surface area (Å²) in [5, 5.41) is 15.4. The zero-order valence-electron chi connectivity index (χ0n) is 16.0. The molecular weight excluding hydrogens is 402 g/mol. The fourth-order valence-corrected chi connectivity index (χ4v) is 4.76. The molecule has 0 amide bonds. The van der Waals surface area contributed by atoms with Gasteiger partial charge in [-0.05, 0) is 36.1 Å². The molecule has 146 valence electrons. The Kier molecular flexibility index (Phi) is 4.91. The third-order valence-electron chi connectivity index (χ3n) is 5.30. The van der Waals surface area contributed by atoms with Gasteiger partial charge in [-0.15, -0.1) is 10.2 Å². The molecule has 2 aromatic heterocycles. The quantitative estimate of drug-likeness (QED) is 0.459. The summed E-state index contributed by atoms with van der Waals surface area (Å²) in [6, 6.07) is 16.3. The summed E-state index contributed by atoms with van der Waals surface area (Å²) in [5.41, 5.74) is 4.70. The summed E-state index contributed by atoms with van der Waals surface area (Å²) in [5.74, 6) is 0.803. The van der Waals surface area contributed by atoms with Gasteiger partial charge in [0.15, 0.2) is 5.82 Å². The summed E-state index contributed by atoms with van der Waals surface area (Å²) < 4.78 is 1.87. The highest BCUT2D eigenvalue weighted by Crippen LogP contribution is 2.30. The molecule has 0 aliphatic carbocycles. The lowest BCUT2D eigenvalue weighted by Gasteiger charge is -2.25. The summed E-state index contributed by atoms with van der Waals surface area (Å²) in [4.78, 5) is 3.24. The van der Waals surface area contributed by atoms with Gasteiger partial charge in [-0.3, -0.25) is 4.90 Å². The third kappa shape index (κ3) is 3.59. The van der Waals surface area contributed by atoms with E-state index >= 15 is 0 Å². The maximum absolute atomic E-state index is 6.31. The molecule has 5 nitrogen and oxygen atoms in total. The first-order chi connectivity index (χ1) is 14.2. The first-order valence-corrected chi connectivity index (χ1v) is 10.8. The number of benzene rings is 2. The van der Waals surface area contributed by atoms with Gasteiger partial charge in [0.05, 0.1) is 0 Å². The highest BCUT2D eigenvalue weighted by molar-refractivity contribution is 7.17. The highest BCUT2D eigenvalue weighted by atomic mass is 35.5. The Balaban J connectivity index is 1.37. The van der Waals surface area contributed by atoms with E-state index in [2.05, 4.69) is 46.3 Å². The number of rotatable bonds is 4. The molecule has 0 unspecified atom stereocenters. The minimum absolute atomic E-state index is 0.803. The molecule has 2 aromatic carbocycles. The van der Waals surface area contributed by atoms with Gasteiger partial charge in [0.1, 0.15) is 5.01 Å². The molecule has 0 saturated heterocycles. The van der Waals surface area contributed by atoms with Crippen LogP contribution in [0, 0.1) is 6.92 Å². The van der Waals surface area contributed by atoms with Crippen LogP contribution in [-0.4, -0.2) is 37.8 Å². The van der Waals surface area contributed by atoms with Crippen LogP contribution in [0.4, 0.5) is 0 Å². The molecule has 0 atom stereocenters. The molecule has 0 fully saturated rings. The molecule has 29 heavy (non-hydrogen) atoms. The first kappa shape index (κ1) is 18.5. The molecule has 7 heteroatoms. The lowest BCUT2D eigenvalue weighted by molar-refractivity contribution is 0.294. The first-order valence-electron chi connectivity index (χ1n) is 9.62. The van der Waals surface area contributed by atoms with Crippen LogP contribution >= 0.6 is 22.9 Å².